The topological polar surface area (TPSA) is 8.17 Å². The van der Waals surface area contributed by atoms with Crippen LogP contribution in [0.4, 0.5) is 17.1 Å². The lowest BCUT2D eigenvalue weighted by Crippen LogP contribution is -2.19. The fourth-order valence-corrected chi connectivity index (χ4v) is 8.20. The van der Waals surface area contributed by atoms with Gasteiger partial charge in [0.05, 0.1) is 16.7 Å². The highest BCUT2D eigenvalue weighted by Crippen LogP contribution is 2.46. The number of hydrogen-bond acceptors (Lipinski definition) is 1. The van der Waals surface area contributed by atoms with Crippen LogP contribution in [0.15, 0.2) is 200 Å². The minimum Gasteiger partial charge on any atom is -0.310 e. The number of para-hydroxylation sites is 2. The van der Waals surface area contributed by atoms with Crippen molar-refractivity contribution in [2.75, 3.05) is 4.90 Å². The lowest BCUT2D eigenvalue weighted by Gasteiger charge is -2.32. The van der Waals surface area contributed by atoms with E-state index in [1.165, 1.54) is 60.8 Å². The first-order valence-corrected chi connectivity index (χ1v) is 18.8. The van der Waals surface area contributed by atoms with Crippen LogP contribution in [0, 0.1) is 0 Å². The minimum absolute atomic E-state index is 0.178. The van der Waals surface area contributed by atoms with E-state index in [-0.39, 0.29) is 5.41 Å². The second-order valence-corrected chi connectivity index (χ2v) is 14.7. The molecule has 0 N–H and O–H groups in total. The van der Waals surface area contributed by atoms with Crippen molar-refractivity contribution >= 4 is 44.4 Å². The van der Waals surface area contributed by atoms with Crippen LogP contribution in [0.3, 0.4) is 0 Å². The first-order valence-electron chi connectivity index (χ1n) is 18.8. The van der Waals surface area contributed by atoms with Crippen LogP contribution in [0.2, 0.25) is 0 Å². The van der Waals surface area contributed by atoms with Crippen LogP contribution >= 0.6 is 0 Å². The molecule has 1 aromatic heterocycles. The highest BCUT2D eigenvalue weighted by molar-refractivity contribution is 6.16. The van der Waals surface area contributed by atoms with Gasteiger partial charge in [-0.05, 0) is 94.9 Å². The maximum absolute atomic E-state index is 2.45. The molecule has 0 unspecified atom stereocenters. The maximum Gasteiger partial charge on any atom is 0.0547 e. The van der Waals surface area contributed by atoms with Gasteiger partial charge in [0.15, 0.2) is 0 Å². The average molecular weight is 695 g/mol. The molecule has 0 radical (unpaired) electrons. The normalized spacial score (nSPS) is 15.1. The van der Waals surface area contributed by atoms with E-state index in [9.17, 15) is 0 Å². The smallest absolute Gasteiger partial charge is 0.0547 e. The van der Waals surface area contributed by atoms with Crippen molar-refractivity contribution in [1.82, 2.24) is 4.57 Å². The number of nitrogens with zero attached hydrogens (tertiary/aromatic N) is 2. The zero-order valence-electron chi connectivity index (χ0n) is 30.9. The Hall–Kier alpha value is -6.64. The Bertz CT molecular complexity index is 2720. The molecule has 2 heteroatoms. The van der Waals surface area contributed by atoms with E-state index in [0.29, 0.717) is 0 Å². The third kappa shape index (κ3) is 5.87. The summed E-state index contributed by atoms with van der Waals surface area (Å²) in [6, 6.07) is 61.7. The maximum atomic E-state index is 2.45. The first-order chi connectivity index (χ1) is 26.5. The molecule has 0 spiro atoms. The van der Waals surface area contributed by atoms with E-state index < -0.39 is 0 Å². The summed E-state index contributed by atoms with van der Waals surface area (Å²) in [6.07, 6.45) is 11.0. The summed E-state index contributed by atoms with van der Waals surface area (Å²) in [5.74, 6) is 0. The van der Waals surface area contributed by atoms with E-state index in [4.69, 9.17) is 0 Å². The molecule has 0 atom stereocenters. The predicted molar refractivity (Wildman–Crippen MR) is 231 cm³/mol. The van der Waals surface area contributed by atoms with Gasteiger partial charge < -0.3 is 9.47 Å². The molecule has 0 amide bonds. The van der Waals surface area contributed by atoms with Gasteiger partial charge in [-0.25, -0.2) is 0 Å². The van der Waals surface area contributed by atoms with Crippen molar-refractivity contribution in [2.45, 2.75) is 26.2 Å². The minimum atomic E-state index is -0.178. The molecule has 260 valence electrons. The number of rotatable bonds is 6. The lowest BCUT2D eigenvalue weighted by molar-refractivity contribution is 0.668. The van der Waals surface area contributed by atoms with Gasteiger partial charge in [-0.15, -0.1) is 0 Å². The van der Waals surface area contributed by atoms with Gasteiger partial charge in [0.25, 0.3) is 0 Å². The molecule has 1 aliphatic carbocycles. The monoisotopic (exact) mass is 694 g/mol. The van der Waals surface area contributed by atoms with Gasteiger partial charge in [-0.1, -0.05) is 159 Å². The summed E-state index contributed by atoms with van der Waals surface area (Å²) in [4.78, 5) is 2.45. The molecule has 0 bridgehead atoms. The van der Waals surface area contributed by atoms with E-state index in [1.807, 2.05) is 0 Å². The van der Waals surface area contributed by atoms with Gasteiger partial charge in [-0.3, -0.25) is 0 Å². The molecule has 8 aromatic rings. The zero-order chi connectivity index (χ0) is 36.6. The number of benzene rings is 7. The van der Waals surface area contributed by atoms with Crippen LogP contribution in [0.1, 0.15) is 31.9 Å². The Morgan fingerprint density at radius 1 is 0.519 bits per heavy atom. The van der Waals surface area contributed by atoms with Crippen LogP contribution < -0.4 is 4.90 Å². The zero-order valence-corrected chi connectivity index (χ0v) is 30.9. The summed E-state index contributed by atoms with van der Waals surface area (Å²) < 4.78 is 2.39. The third-order valence-electron chi connectivity index (χ3n) is 10.8. The molecule has 0 saturated carbocycles. The molecular weight excluding hydrogens is 653 g/mol. The van der Waals surface area contributed by atoms with Gasteiger partial charge in [0, 0.05) is 38.8 Å². The molecule has 0 fully saturated rings. The Kier molecular flexibility index (Phi) is 8.44. The molecular formula is C52H42N2. The summed E-state index contributed by atoms with van der Waals surface area (Å²) in [6.45, 7) is 6.86. The van der Waals surface area contributed by atoms with Crippen LogP contribution in [0.5, 0.6) is 0 Å². The second-order valence-electron chi connectivity index (χ2n) is 14.7. The van der Waals surface area contributed by atoms with E-state index >= 15 is 0 Å². The average Bonchev–Trinajstić information content (AvgIpc) is 3.58. The molecule has 9 rings (SSSR count). The number of allylic oxidation sites excluding steroid dienone is 6. The van der Waals surface area contributed by atoms with E-state index in [2.05, 4.69) is 230 Å². The van der Waals surface area contributed by atoms with E-state index in [0.717, 1.165) is 22.7 Å². The molecule has 1 aliphatic rings. The summed E-state index contributed by atoms with van der Waals surface area (Å²) in [5.41, 5.74) is 15.3. The van der Waals surface area contributed by atoms with Crippen LogP contribution in [-0.2, 0) is 5.41 Å². The fourth-order valence-electron chi connectivity index (χ4n) is 8.20. The van der Waals surface area contributed by atoms with Gasteiger partial charge in [-0.2, -0.15) is 0 Å². The van der Waals surface area contributed by atoms with Gasteiger partial charge >= 0.3 is 0 Å². The van der Waals surface area contributed by atoms with Crippen molar-refractivity contribution in [3.8, 4) is 27.9 Å². The van der Waals surface area contributed by atoms with Crippen molar-refractivity contribution in [3.05, 3.63) is 211 Å². The highest BCUT2D eigenvalue weighted by atomic mass is 15.1. The molecule has 2 nitrogen and oxygen atoms in total. The number of hydrogen-bond donors (Lipinski definition) is 0. The summed E-state index contributed by atoms with van der Waals surface area (Å²) in [7, 11) is 0. The van der Waals surface area contributed by atoms with Crippen molar-refractivity contribution in [3.63, 3.8) is 0 Å². The second kappa shape index (κ2) is 13.7. The lowest BCUT2D eigenvalue weighted by atomic mass is 9.79. The van der Waals surface area contributed by atoms with Crippen molar-refractivity contribution in [1.29, 1.82) is 0 Å². The molecule has 1 heterocycles. The fraction of sp³-hybridized carbons (Fsp3) is 0.0769. The Labute approximate surface area is 318 Å². The van der Waals surface area contributed by atoms with Gasteiger partial charge in [0.2, 0.25) is 0 Å². The third-order valence-corrected chi connectivity index (χ3v) is 10.8. The quantitative estimate of drug-likeness (QED) is 0.168. The van der Waals surface area contributed by atoms with Gasteiger partial charge in [0.1, 0.15) is 0 Å². The van der Waals surface area contributed by atoms with E-state index in [1.54, 1.807) is 0 Å². The SMILES string of the molecule is C/C1=C\C=C/C=CC(C)(C)c2cccc(N(c3ccc(-c4ccccc4)cc3)c3cccc(-c4cccc5c4c4ccccc4n5-c4ccccc4)c3)c21. The standard InChI is InChI=1S/C52H42N2/c1-37-18-7-6-14-35-52(2,3)46-27-17-30-48(50(37)46)53(42-33-31-39(32-34-42)38-19-8-4-9-20-38)43-24-15-21-40(36-43)44-26-16-29-49-51(44)45-25-12-13-28-47(45)54(49)41-22-10-5-11-23-41/h4-36H,1-3H3/b7-6-,35-14?,37-18+. The Morgan fingerprint density at radius 3 is 2.00 bits per heavy atom. The Balaban J connectivity index is 1.27. The van der Waals surface area contributed by atoms with Crippen LogP contribution in [0.25, 0.3) is 55.3 Å². The first kappa shape index (κ1) is 33.2. The van der Waals surface area contributed by atoms with Crippen molar-refractivity contribution in [2.24, 2.45) is 0 Å². The Morgan fingerprint density at radius 2 is 1.19 bits per heavy atom. The van der Waals surface area contributed by atoms with Crippen molar-refractivity contribution < 1.29 is 0 Å². The highest BCUT2D eigenvalue weighted by Gasteiger charge is 2.27. The molecule has 0 aliphatic heterocycles. The molecule has 54 heavy (non-hydrogen) atoms. The van der Waals surface area contributed by atoms with Crippen LogP contribution in [-0.4, -0.2) is 4.57 Å². The summed E-state index contributed by atoms with van der Waals surface area (Å²) >= 11 is 0. The molecule has 7 aromatic carbocycles. The number of aromatic nitrogens is 1. The number of anilines is 3. The largest absolute Gasteiger partial charge is 0.310 e. The summed E-state index contributed by atoms with van der Waals surface area (Å²) in [5, 5.41) is 2.50. The molecule has 0 saturated heterocycles. The predicted octanol–water partition coefficient (Wildman–Crippen LogP) is 14.4. The number of fused-ring (bicyclic) bond motifs is 4.